The lowest BCUT2D eigenvalue weighted by atomic mass is 11.0. The molecule has 3 unspecified atom stereocenters. The molecule has 10 heteroatoms. The lowest BCUT2D eigenvalue weighted by Crippen LogP contribution is -2.21. The minimum atomic E-state index is -2.50. The zero-order chi connectivity index (χ0) is 10.4. The van der Waals surface area contributed by atoms with Crippen molar-refractivity contribution in [2.24, 2.45) is 0 Å². The van der Waals surface area contributed by atoms with E-state index in [9.17, 15) is 13.7 Å². The molecular formula is C3H9NO6P3+3. The van der Waals surface area contributed by atoms with Gasteiger partial charge in [0, 0.05) is 0 Å². The summed E-state index contributed by atoms with van der Waals surface area (Å²) in [4.78, 5) is 26.4. The van der Waals surface area contributed by atoms with Gasteiger partial charge >= 0.3 is 24.1 Å². The topological polar surface area (TPSA) is 115 Å². The van der Waals surface area contributed by atoms with Crippen molar-refractivity contribution in [3.63, 3.8) is 0 Å². The number of hydrogen-bond acceptors (Lipinski definition) is 4. The van der Waals surface area contributed by atoms with Crippen LogP contribution in [0.15, 0.2) is 0 Å². The lowest BCUT2D eigenvalue weighted by Gasteiger charge is -1.99. The fraction of sp³-hybridized carbons (Fsp3) is 1.00. The van der Waals surface area contributed by atoms with Crippen LogP contribution in [0.4, 0.5) is 0 Å². The second-order valence-corrected chi connectivity index (χ2v) is 5.11. The summed E-state index contributed by atoms with van der Waals surface area (Å²) in [7, 11) is -7.51. The molecule has 0 radical (unpaired) electrons. The Bertz CT molecular complexity index is 193. The highest BCUT2D eigenvalue weighted by Gasteiger charge is 2.31. The molecule has 0 aromatic rings. The summed E-state index contributed by atoms with van der Waals surface area (Å²) in [6.45, 7) is 0. The Morgan fingerprint density at radius 3 is 1.15 bits per heavy atom. The maximum absolute atomic E-state index is 10.3. The molecule has 3 atom stereocenters. The van der Waals surface area contributed by atoms with E-state index in [1.807, 2.05) is 0 Å². The highest BCUT2D eigenvalue weighted by atomic mass is 31.1. The van der Waals surface area contributed by atoms with Crippen molar-refractivity contribution in [3.8, 4) is 0 Å². The molecule has 0 aliphatic rings. The van der Waals surface area contributed by atoms with E-state index >= 15 is 0 Å². The van der Waals surface area contributed by atoms with E-state index in [2.05, 4.69) is 0 Å². The lowest BCUT2D eigenvalue weighted by molar-refractivity contribution is 0.367. The smallest absolute Gasteiger partial charge is 0.169 e. The second kappa shape index (κ2) is 6.57. The average molecular weight is 248 g/mol. The van der Waals surface area contributed by atoms with E-state index in [1.165, 1.54) is 0 Å². The predicted molar refractivity (Wildman–Crippen MR) is 45.9 cm³/mol. The fourth-order valence-electron chi connectivity index (χ4n) is 0.647. The summed E-state index contributed by atoms with van der Waals surface area (Å²) in [6, 6.07) is 0. The third-order valence-corrected chi connectivity index (χ3v) is 2.89. The van der Waals surface area contributed by atoms with Crippen LogP contribution in [0.1, 0.15) is 0 Å². The van der Waals surface area contributed by atoms with E-state index < -0.39 is 24.1 Å². The van der Waals surface area contributed by atoms with Crippen LogP contribution in [0.25, 0.3) is 0 Å². The quantitative estimate of drug-likeness (QED) is 0.581. The Labute approximate surface area is 77.0 Å². The Morgan fingerprint density at radius 2 is 1.00 bits per heavy atom. The van der Waals surface area contributed by atoms with Crippen molar-refractivity contribution in [2.45, 2.75) is 0 Å². The summed E-state index contributed by atoms with van der Waals surface area (Å²) in [5.74, 6) is 0. The van der Waals surface area contributed by atoms with Crippen LogP contribution in [0, 0.1) is 0 Å². The van der Waals surface area contributed by atoms with Crippen molar-refractivity contribution < 1.29 is 28.4 Å². The minimum Gasteiger partial charge on any atom is -0.169 e. The summed E-state index contributed by atoms with van der Waals surface area (Å²) < 4.78 is 31.0. The van der Waals surface area contributed by atoms with Gasteiger partial charge in [0.1, 0.15) is 0 Å². The summed E-state index contributed by atoms with van der Waals surface area (Å²) in [5.41, 5.74) is 0. The molecule has 0 spiro atoms. The second-order valence-electron chi connectivity index (χ2n) is 2.15. The predicted octanol–water partition coefficient (Wildman–Crippen LogP) is 0.365. The molecule has 0 saturated carbocycles. The molecule has 0 saturated heterocycles. The van der Waals surface area contributed by atoms with Crippen LogP contribution in [-0.2, 0) is 13.7 Å². The average Bonchev–Trinajstić information content (AvgIpc) is 1.80. The van der Waals surface area contributed by atoms with Crippen molar-refractivity contribution in [1.29, 1.82) is 0 Å². The molecular weight excluding hydrogens is 239 g/mol. The van der Waals surface area contributed by atoms with Crippen molar-refractivity contribution in [1.82, 2.24) is 4.90 Å². The molecule has 74 valence electrons. The van der Waals surface area contributed by atoms with Crippen LogP contribution in [0.3, 0.4) is 0 Å². The number of hydrogen-bond donors (Lipinski definition) is 3. The van der Waals surface area contributed by atoms with Gasteiger partial charge in [-0.05, 0) is 13.7 Å². The number of rotatable bonds is 6. The van der Waals surface area contributed by atoms with Crippen molar-refractivity contribution in [3.05, 3.63) is 0 Å². The van der Waals surface area contributed by atoms with Gasteiger partial charge in [0.15, 0.2) is 0 Å². The molecule has 13 heavy (non-hydrogen) atoms. The molecule has 3 N–H and O–H groups in total. The van der Waals surface area contributed by atoms with E-state index in [4.69, 9.17) is 14.7 Å². The molecule has 0 aliphatic carbocycles. The third-order valence-electron chi connectivity index (χ3n) is 0.963. The third kappa shape index (κ3) is 8.47. The Morgan fingerprint density at radius 1 is 0.769 bits per heavy atom. The zero-order valence-corrected chi connectivity index (χ0v) is 9.16. The normalized spacial score (nSPS) is 14.3. The SMILES string of the molecule is O=[P+](O)CN(C[P+](=O)O)C[P+](=O)O. The van der Waals surface area contributed by atoms with Crippen LogP contribution < -0.4 is 0 Å². The standard InChI is InChI=1S/C3H6NO6P3/c5-11(6)1-4(2-12(7)8)3-13(9)10/h1-3H2/p+3. The molecule has 0 heterocycles. The first kappa shape index (κ1) is 13.1. The van der Waals surface area contributed by atoms with Crippen molar-refractivity contribution >= 4 is 24.1 Å². The molecule has 0 fully saturated rings. The van der Waals surface area contributed by atoms with Gasteiger partial charge in [-0.15, -0.1) is 0 Å². The van der Waals surface area contributed by atoms with Gasteiger partial charge in [-0.25, -0.2) is 0 Å². The molecule has 7 nitrogen and oxygen atoms in total. The fourth-order valence-corrected chi connectivity index (χ4v) is 2.75. The van der Waals surface area contributed by atoms with Crippen LogP contribution in [0.5, 0.6) is 0 Å². The van der Waals surface area contributed by atoms with Gasteiger partial charge in [-0.1, -0.05) is 0 Å². The Balaban J connectivity index is 4.10. The Kier molecular flexibility index (Phi) is 6.64. The maximum Gasteiger partial charge on any atom is 0.521 e. The first-order chi connectivity index (χ1) is 5.91. The van der Waals surface area contributed by atoms with Crippen LogP contribution in [0.2, 0.25) is 0 Å². The first-order valence-corrected chi connectivity index (χ1v) is 7.24. The van der Waals surface area contributed by atoms with Gasteiger partial charge in [0.25, 0.3) is 0 Å². The monoisotopic (exact) mass is 248 g/mol. The molecule has 0 rings (SSSR count). The molecule has 0 amide bonds. The van der Waals surface area contributed by atoms with E-state index in [0.717, 1.165) is 4.90 Å². The Hall–Kier alpha value is 0.140. The largest absolute Gasteiger partial charge is 0.521 e. The van der Waals surface area contributed by atoms with Crippen molar-refractivity contribution in [2.75, 3.05) is 18.9 Å². The molecule has 0 aliphatic heterocycles. The number of nitrogens with zero attached hydrogens (tertiary/aromatic N) is 1. The molecule has 0 bridgehead atoms. The van der Waals surface area contributed by atoms with Gasteiger partial charge in [-0.2, -0.15) is 19.6 Å². The van der Waals surface area contributed by atoms with Crippen LogP contribution >= 0.6 is 24.1 Å². The minimum absolute atomic E-state index is 0.376. The van der Waals surface area contributed by atoms with E-state index in [0.29, 0.717) is 0 Å². The molecule has 0 aromatic heterocycles. The zero-order valence-electron chi connectivity index (χ0n) is 6.48. The van der Waals surface area contributed by atoms with Gasteiger partial charge in [0.05, 0.1) is 0 Å². The van der Waals surface area contributed by atoms with Gasteiger partial charge in [-0.3, -0.25) is 0 Å². The summed E-state index contributed by atoms with van der Waals surface area (Å²) in [5, 5.41) is 0. The highest BCUT2D eigenvalue weighted by Crippen LogP contribution is 2.25. The maximum atomic E-state index is 10.3. The van der Waals surface area contributed by atoms with E-state index in [-0.39, 0.29) is 18.9 Å². The van der Waals surface area contributed by atoms with Gasteiger partial charge in [0.2, 0.25) is 18.9 Å². The molecule has 0 aromatic carbocycles. The van der Waals surface area contributed by atoms with Crippen LogP contribution in [-0.4, -0.2) is 38.4 Å². The highest BCUT2D eigenvalue weighted by molar-refractivity contribution is 7.40. The summed E-state index contributed by atoms with van der Waals surface area (Å²) >= 11 is 0. The van der Waals surface area contributed by atoms with Gasteiger partial charge < -0.3 is 0 Å². The summed E-state index contributed by atoms with van der Waals surface area (Å²) in [6.07, 6.45) is -1.13. The van der Waals surface area contributed by atoms with E-state index in [1.54, 1.807) is 0 Å². The first-order valence-electron chi connectivity index (χ1n) is 3.05.